The van der Waals surface area contributed by atoms with Crippen LogP contribution in [0.25, 0.3) is 0 Å². The molecule has 2 aliphatic rings. The summed E-state index contributed by atoms with van der Waals surface area (Å²) in [5.41, 5.74) is -0.0193. The first-order valence-corrected chi connectivity index (χ1v) is 7.70. The summed E-state index contributed by atoms with van der Waals surface area (Å²) in [6.07, 6.45) is 1.45. The van der Waals surface area contributed by atoms with Gasteiger partial charge in [-0.1, -0.05) is 0 Å². The summed E-state index contributed by atoms with van der Waals surface area (Å²) in [6, 6.07) is 2.39. The van der Waals surface area contributed by atoms with Crippen molar-refractivity contribution in [3.05, 3.63) is 24.0 Å². The van der Waals surface area contributed by atoms with Gasteiger partial charge >= 0.3 is 0 Å². The quantitative estimate of drug-likeness (QED) is 0.730. The Bertz CT molecular complexity index is 589. The first-order chi connectivity index (χ1) is 11.2. The molecule has 0 aliphatic carbocycles. The molecule has 0 radical (unpaired) electrons. The van der Waals surface area contributed by atoms with Gasteiger partial charge in [-0.15, -0.1) is 0 Å². The molecule has 8 nitrogen and oxygen atoms in total. The van der Waals surface area contributed by atoms with E-state index < -0.39 is 11.9 Å². The molecule has 2 aliphatic heterocycles. The second-order valence-corrected chi connectivity index (χ2v) is 5.53. The van der Waals surface area contributed by atoms with E-state index in [0.717, 1.165) is 0 Å². The molecule has 0 aromatic carbocycles. The Balaban J connectivity index is 1.79. The third-order valence-electron chi connectivity index (χ3n) is 4.10. The molecule has 1 atom stereocenters. The van der Waals surface area contributed by atoms with Gasteiger partial charge in [0, 0.05) is 38.9 Å². The van der Waals surface area contributed by atoms with Gasteiger partial charge in [0.15, 0.2) is 5.69 Å². The summed E-state index contributed by atoms with van der Waals surface area (Å²) in [5, 5.41) is 13.0. The number of amides is 2. The number of carbonyl (C=O) groups is 2. The topological polar surface area (TPSA) is 95.0 Å². The number of hydrogen-bond acceptors (Lipinski definition) is 6. The standard InChI is InChI=1S/C15H20N4O4/c20-12-2-1-3-17-13(12)15(22)19-5-4-16-10-11(19)14(21)18-6-8-23-9-7-18/h1-3,11,16,20H,4-10H2/t11-/m1/s1. The van der Waals surface area contributed by atoms with Gasteiger partial charge in [-0.3, -0.25) is 9.59 Å². The first-order valence-electron chi connectivity index (χ1n) is 7.70. The molecule has 2 saturated heterocycles. The second kappa shape index (κ2) is 6.93. The molecule has 0 bridgehead atoms. The summed E-state index contributed by atoms with van der Waals surface area (Å²) < 4.78 is 5.26. The fraction of sp³-hybridized carbons (Fsp3) is 0.533. The summed E-state index contributed by atoms with van der Waals surface area (Å²) in [6.45, 7) is 3.50. The smallest absolute Gasteiger partial charge is 0.277 e. The average molecular weight is 320 g/mol. The molecule has 2 N–H and O–H groups in total. The maximum atomic E-state index is 12.7. The minimum atomic E-state index is -0.587. The van der Waals surface area contributed by atoms with Crippen molar-refractivity contribution in [2.75, 3.05) is 45.9 Å². The summed E-state index contributed by atoms with van der Waals surface area (Å²) in [7, 11) is 0. The van der Waals surface area contributed by atoms with Crippen molar-refractivity contribution in [1.29, 1.82) is 0 Å². The van der Waals surface area contributed by atoms with E-state index in [1.165, 1.54) is 17.2 Å². The summed E-state index contributed by atoms with van der Waals surface area (Å²) in [5.74, 6) is -0.686. The normalized spacial score (nSPS) is 22.0. The number of piperazine rings is 1. The fourth-order valence-electron chi connectivity index (χ4n) is 2.86. The lowest BCUT2D eigenvalue weighted by molar-refractivity contribution is -0.140. The predicted octanol–water partition coefficient (Wildman–Crippen LogP) is -0.940. The number of aromatic nitrogens is 1. The molecule has 8 heteroatoms. The number of ether oxygens (including phenoxy) is 1. The van der Waals surface area contributed by atoms with Gasteiger partial charge in [-0.05, 0) is 12.1 Å². The van der Waals surface area contributed by atoms with Crippen LogP contribution in [0.4, 0.5) is 0 Å². The number of nitrogens with one attached hydrogen (secondary N) is 1. The van der Waals surface area contributed by atoms with E-state index in [2.05, 4.69) is 10.3 Å². The van der Waals surface area contributed by atoms with Gasteiger partial charge < -0.3 is 25.0 Å². The predicted molar refractivity (Wildman–Crippen MR) is 81.0 cm³/mol. The van der Waals surface area contributed by atoms with E-state index in [1.807, 2.05) is 0 Å². The zero-order valence-electron chi connectivity index (χ0n) is 12.8. The zero-order chi connectivity index (χ0) is 16.2. The molecule has 23 heavy (non-hydrogen) atoms. The molecule has 1 aromatic rings. The fourth-order valence-corrected chi connectivity index (χ4v) is 2.86. The Morgan fingerprint density at radius 1 is 1.30 bits per heavy atom. The van der Waals surface area contributed by atoms with Crippen LogP contribution in [-0.4, -0.2) is 83.7 Å². The van der Waals surface area contributed by atoms with Gasteiger partial charge in [0.1, 0.15) is 11.8 Å². The highest BCUT2D eigenvalue weighted by molar-refractivity contribution is 5.98. The van der Waals surface area contributed by atoms with Crippen LogP contribution in [0.1, 0.15) is 10.5 Å². The summed E-state index contributed by atoms with van der Waals surface area (Å²) in [4.78, 5) is 32.6. The highest BCUT2D eigenvalue weighted by Crippen LogP contribution is 2.18. The highest BCUT2D eigenvalue weighted by Gasteiger charge is 2.36. The van der Waals surface area contributed by atoms with E-state index in [-0.39, 0.29) is 17.4 Å². The maximum Gasteiger partial charge on any atom is 0.277 e. The van der Waals surface area contributed by atoms with Gasteiger partial charge in [-0.25, -0.2) is 4.98 Å². The highest BCUT2D eigenvalue weighted by atomic mass is 16.5. The van der Waals surface area contributed by atoms with E-state index >= 15 is 0 Å². The second-order valence-electron chi connectivity index (χ2n) is 5.53. The molecule has 3 rings (SSSR count). The lowest BCUT2D eigenvalue weighted by atomic mass is 10.1. The number of morpholine rings is 1. The molecule has 2 amide bonds. The molecule has 2 fully saturated rings. The third-order valence-corrected chi connectivity index (χ3v) is 4.10. The van der Waals surface area contributed by atoms with Crippen LogP contribution >= 0.6 is 0 Å². The van der Waals surface area contributed by atoms with Crippen LogP contribution in [0, 0.1) is 0 Å². The van der Waals surface area contributed by atoms with Crippen molar-refractivity contribution >= 4 is 11.8 Å². The Morgan fingerprint density at radius 3 is 2.83 bits per heavy atom. The number of pyridine rings is 1. The molecular formula is C15H20N4O4. The molecule has 0 unspecified atom stereocenters. The summed E-state index contributed by atoms with van der Waals surface area (Å²) >= 11 is 0. The monoisotopic (exact) mass is 320 g/mol. The minimum absolute atomic E-state index is 0.0193. The lowest BCUT2D eigenvalue weighted by Gasteiger charge is -2.38. The molecule has 1 aromatic heterocycles. The van der Waals surface area contributed by atoms with Gasteiger partial charge in [0.25, 0.3) is 5.91 Å². The molecule has 0 spiro atoms. The van der Waals surface area contributed by atoms with E-state index in [1.54, 1.807) is 11.0 Å². The van der Waals surface area contributed by atoms with Crippen LogP contribution in [0.2, 0.25) is 0 Å². The van der Waals surface area contributed by atoms with Crippen molar-refractivity contribution in [2.24, 2.45) is 0 Å². The Morgan fingerprint density at radius 2 is 2.09 bits per heavy atom. The molecular weight excluding hydrogens is 300 g/mol. The van der Waals surface area contributed by atoms with Crippen molar-refractivity contribution < 1.29 is 19.4 Å². The maximum absolute atomic E-state index is 12.7. The third kappa shape index (κ3) is 3.27. The van der Waals surface area contributed by atoms with Crippen LogP contribution in [0.15, 0.2) is 18.3 Å². The largest absolute Gasteiger partial charge is 0.505 e. The van der Waals surface area contributed by atoms with Crippen LogP contribution in [-0.2, 0) is 9.53 Å². The number of nitrogens with zero attached hydrogens (tertiary/aromatic N) is 3. The number of carbonyl (C=O) groups excluding carboxylic acids is 2. The van der Waals surface area contributed by atoms with Crippen LogP contribution in [0.5, 0.6) is 5.75 Å². The average Bonchev–Trinajstić information content (AvgIpc) is 2.62. The zero-order valence-corrected chi connectivity index (χ0v) is 12.8. The SMILES string of the molecule is O=C([C@H]1CNCCN1C(=O)c1ncccc1O)N1CCOCC1. The van der Waals surface area contributed by atoms with Crippen molar-refractivity contribution in [3.8, 4) is 5.75 Å². The Kier molecular flexibility index (Phi) is 4.73. The van der Waals surface area contributed by atoms with E-state index in [4.69, 9.17) is 4.74 Å². The van der Waals surface area contributed by atoms with Gasteiger partial charge in [0.2, 0.25) is 5.91 Å². The van der Waals surface area contributed by atoms with Crippen LogP contribution < -0.4 is 5.32 Å². The Labute approximate surface area is 134 Å². The van der Waals surface area contributed by atoms with Crippen molar-refractivity contribution in [3.63, 3.8) is 0 Å². The van der Waals surface area contributed by atoms with Crippen molar-refractivity contribution in [1.82, 2.24) is 20.1 Å². The number of aromatic hydroxyl groups is 1. The molecule has 124 valence electrons. The molecule has 3 heterocycles. The lowest BCUT2D eigenvalue weighted by Crippen LogP contribution is -2.61. The molecule has 0 saturated carbocycles. The van der Waals surface area contributed by atoms with Gasteiger partial charge in [0.05, 0.1) is 13.2 Å². The van der Waals surface area contributed by atoms with Crippen molar-refractivity contribution in [2.45, 2.75) is 6.04 Å². The number of hydrogen-bond donors (Lipinski definition) is 2. The van der Waals surface area contributed by atoms with E-state index in [9.17, 15) is 14.7 Å². The first kappa shape index (κ1) is 15.7. The Hall–Kier alpha value is -2.19. The van der Waals surface area contributed by atoms with E-state index in [0.29, 0.717) is 45.9 Å². The van der Waals surface area contributed by atoms with Crippen LogP contribution in [0.3, 0.4) is 0 Å². The minimum Gasteiger partial charge on any atom is -0.505 e. The van der Waals surface area contributed by atoms with Gasteiger partial charge in [-0.2, -0.15) is 0 Å². The number of rotatable bonds is 2.